The van der Waals surface area contributed by atoms with Crippen LogP contribution in [0.3, 0.4) is 0 Å². The van der Waals surface area contributed by atoms with Crippen LogP contribution in [-0.2, 0) is 22.4 Å². The molecule has 2 aromatic rings. The Balaban J connectivity index is 0.00000306. The molecule has 2 atom stereocenters. The van der Waals surface area contributed by atoms with Crippen LogP contribution in [0.25, 0.3) is 0 Å². The zero-order valence-corrected chi connectivity index (χ0v) is 23.8. The average Bonchev–Trinajstić information content (AvgIpc) is 3.29. The van der Waals surface area contributed by atoms with Crippen LogP contribution in [0.1, 0.15) is 35.7 Å². The molecule has 1 fully saturated rings. The number of ketones is 1. The third-order valence-corrected chi connectivity index (χ3v) is 7.51. The van der Waals surface area contributed by atoms with Crippen LogP contribution in [0, 0.1) is 20.8 Å². The Hall–Kier alpha value is -1.51. The molecule has 3 rings (SSSR count). The number of Topliss-reactive ketones (excluding diaryl/α,β-unsaturated/α-hetero) is 1. The first-order chi connectivity index (χ1) is 15.9. The molecule has 2 aromatic carbocycles. The molecule has 0 aliphatic carbocycles. The Kier molecular flexibility index (Phi) is 11.4. The predicted octanol–water partition coefficient (Wildman–Crippen LogP) is 1.10. The number of methoxy groups -OCH3 is 2. The summed E-state index contributed by atoms with van der Waals surface area (Å²) in [6, 6.07) is 7.58. The number of benzene rings is 2. The van der Waals surface area contributed by atoms with Gasteiger partial charge in [0.25, 0.3) is 0 Å². The topological polar surface area (TPSA) is 73.9 Å². The monoisotopic (exact) mass is 495 g/mol. The largest absolute Gasteiger partial charge is 1.00 e. The van der Waals surface area contributed by atoms with Crippen molar-refractivity contribution in [2.75, 3.05) is 26.7 Å². The molecule has 0 radical (unpaired) electrons. The van der Waals surface area contributed by atoms with Crippen molar-refractivity contribution in [1.29, 1.82) is 0 Å². The maximum Gasteiger partial charge on any atom is 1.00 e. The quantitative estimate of drug-likeness (QED) is 0.217. The van der Waals surface area contributed by atoms with Gasteiger partial charge in [0.05, 0.1) is 26.9 Å². The van der Waals surface area contributed by atoms with Crippen LogP contribution < -0.4 is 49.1 Å². The van der Waals surface area contributed by atoms with Crippen molar-refractivity contribution in [1.82, 2.24) is 5.32 Å². The number of nitrogens with one attached hydrogen (secondary N) is 1. The van der Waals surface area contributed by atoms with Crippen molar-refractivity contribution in [2.45, 2.75) is 51.3 Å². The minimum atomic E-state index is -0.395. The molecule has 0 aromatic heterocycles. The number of hydrogen-bond acceptors (Lipinski definition) is 7. The van der Waals surface area contributed by atoms with Crippen molar-refractivity contribution >= 4 is 23.8 Å². The third-order valence-electron chi connectivity index (χ3n) is 6.31. The van der Waals surface area contributed by atoms with Gasteiger partial charge in [-0.05, 0) is 74.4 Å². The average molecular weight is 496 g/mol. The van der Waals surface area contributed by atoms with Gasteiger partial charge in [-0.2, -0.15) is 0 Å². The molecule has 1 aliphatic rings. The molecule has 0 bridgehead atoms. The van der Waals surface area contributed by atoms with E-state index in [1.807, 2.05) is 24.3 Å². The third kappa shape index (κ3) is 6.58. The Bertz CT molecular complexity index is 1000. The van der Waals surface area contributed by atoms with E-state index in [1.54, 1.807) is 26.0 Å². The number of carbonyl (C=O) groups excluding carboxylic acids is 2. The van der Waals surface area contributed by atoms with E-state index in [9.17, 15) is 9.59 Å². The number of carbonyl (C=O) groups is 2. The zero-order chi connectivity index (χ0) is 24.0. The van der Waals surface area contributed by atoms with E-state index in [4.69, 9.17) is 14.2 Å². The van der Waals surface area contributed by atoms with E-state index in [1.165, 1.54) is 5.56 Å². The minimum absolute atomic E-state index is 0. The predicted molar refractivity (Wildman–Crippen MR) is 133 cm³/mol. The molecule has 180 valence electrons. The molecule has 0 spiro atoms. The van der Waals surface area contributed by atoms with E-state index in [0.717, 1.165) is 58.8 Å². The zero-order valence-electron chi connectivity index (χ0n) is 22.0. The Labute approximate surface area is 230 Å². The summed E-state index contributed by atoms with van der Waals surface area (Å²) >= 11 is 1.68. The number of ether oxygens (including phenoxy) is 3. The van der Waals surface area contributed by atoms with Crippen molar-refractivity contribution in [2.24, 2.45) is 0 Å². The number of rotatable bonds is 11. The molecule has 6 nitrogen and oxygen atoms in total. The van der Waals surface area contributed by atoms with Gasteiger partial charge in [0.1, 0.15) is 17.2 Å². The molecule has 34 heavy (non-hydrogen) atoms. The summed E-state index contributed by atoms with van der Waals surface area (Å²) in [4.78, 5) is 22.6. The second kappa shape index (κ2) is 13.5. The first-order valence-electron chi connectivity index (χ1n) is 11.2. The van der Waals surface area contributed by atoms with Gasteiger partial charge in [0.15, 0.2) is 6.29 Å². The van der Waals surface area contributed by atoms with E-state index in [0.29, 0.717) is 18.8 Å². The van der Waals surface area contributed by atoms with Gasteiger partial charge in [0, 0.05) is 16.7 Å². The number of hydrogen-bond donors (Lipinski definition) is 1. The maximum absolute atomic E-state index is 11.8. The minimum Gasteiger partial charge on any atom is -1.00 e. The second-order valence-corrected chi connectivity index (χ2v) is 9.50. The van der Waals surface area contributed by atoms with Crippen LogP contribution in [0.2, 0.25) is 0 Å². The molecule has 8 heteroatoms. The first-order valence-corrected chi connectivity index (χ1v) is 12.2. The fourth-order valence-corrected chi connectivity index (χ4v) is 5.66. The molecular formula is C26H34NNaO5S. The fourth-order valence-electron chi connectivity index (χ4n) is 4.44. The molecule has 2 unspecified atom stereocenters. The molecule has 1 heterocycles. The van der Waals surface area contributed by atoms with Crippen LogP contribution in [-0.4, -0.2) is 50.1 Å². The first kappa shape index (κ1) is 28.7. The summed E-state index contributed by atoms with van der Waals surface area (Å²) in [5, 5.41) is 3.18. The second-order valence-electron chi connectivity index (χ2n) is 8.27. The summed E-state index contributed by atoms with van der Waals surface area (Å²) < 4.78 is 17.3. The van der Waals surface area contributed by atoms with E-state index in [2.05, 4.69) is 26.1 Å². The summed E-state index contributed by atoms with van der Waals surface area (Å²) in [6.45, 7) is 6.79. The summed E-state index contributed by atoms with van der Waals surface area (Å²) in [7, 11) is 3.42. The van der Waals surface area contributed by atoms with Gasteiger partial charge < -0.3 is 15.6 Å². The Morgan fingerprint density at radius 3 is 2.35 bits per heavy atom. The van der Waals surface area contributed by atoms with Crippen LogP contribution >= 0.6 is 11.8 Å². The Morgan fingerprint density at radius 2 is 1.74 bits per heavy atom. The maximum atomic E-state index is 11.8. The summed E-state index contributed by atoms with van der Waals surface area (Å²) in [6.07, 6.45) is 2.83. The van der Waals surface area contributed by atoms with Gasteiger partial charge in [-0.3, -0.25) is 14.9 Å². The molecule has 1 aliphatic heterocycles. The Morgan fingerprint density at radius 1 is 1.09 bits per heavy atom. The number of thioether (sulfide) groups is 1. The van der Waals surface area contributed by atoms with Crippen molar-refractivity contribution < 1.29 is 54.8 Å². The van der Waals surface area contributed by atoms with E-state index >= 15 is 0 Å². The SMILES string of the molecule is COc1c(C)c(C)c(OC)c(CCCOc2ccc(CC3SCNC3C(=O)C=O)cc2)c1C.[H-].[Na+]. The molecule has 0 saturated carbocycles. The standard InChI is InChI=1S/C26H33NO5S.Na.H/c1-16-17(2)26(31-5)21(18(3)25(16)30-4)7-6-12-32-20-10-8-19(9-11-20)13-23-24(22(29)14-28)27-15-33-23;;/h8-11,14,23-24,27H,6-7,12-13,15H2,1-5H3;;/q;+1;-1. The van der Waals surface area contributed by atoms with Crippen LogP contribution in [0.15, 0.2) is 24.3 Å². The number of aldehydes is 1. The van der Waals surface area contributed by atoms with E-state index in [-0.39, 0.29) is 42.0 Å². The van der Waals surface area contributed by atoms with Crippen LogP contribution in [0.5, 0.6) is 17.2 Å². The van der Waals surface area contributed by atoms with Gasteiger partial charge in [0.2, 0.25) is 5.78 Å². The van der Waals surface area contributed by atoms with Crippen LogP contribution in [0.4, 0.5) is 0 Å². The normalized spacial score (nSPS) is 17.1. The molecule has 1 N–H and O–H groups in total. The van der Waals surface area contributed by atoms with Crippen molar-refractivity contribution in [3.8, 4) is 17.2 Å². The van der Waals surface area contributed by atoms with Gasteiger partial charge >= 0.3 is 29.6 Å². The van der Waals surface area contributed by atoms with Crippen molar-refractivity contribution in [3.05, 3.63) is 52.1 Å². The van der Waals surface area contributed by atoms with Gasteiger partial charge in [-0.1, -0.05) is 12.1 Å². The van der Waals surface area contributed by atoms with E-state index < -0.39 is 6.04 Å². The smallest absolute Gasteiger partial charge is 1.00 e. The molecule has 1 saturated heterocycles. The molecular weight excluding hydrogens is 461 g/mol. The molecule has 0 amide bonds. The summed E-state index contributed by atoms with van der Waals surface area (Å²) in [5.74, 6) is 2.98. The van der Waals surface area contributed by atoms with Gasteiger partial charge in [-0.15, -0.1) is 11.8 Å². The fraction of sp³-hybridized carbons (Fsp3) is 0.462. The van der Waals surface area contributed by atoms with Gasteiger partial charge in [-0.25, -0.2) is 0 Å². The summed E-state index contributed by atoms with van der Waals surface area (Å²) in [5.41, 5.74) is 5.63. The van der Waals surface area contributed by atoms with Crippen molar-refractivity contribution in [3.63, 3.8) is 0 Å².